The lowest BCUT2D eigenvalue weighted by Gasteiger charge is -2.10. The van der Waals surface area contributed by atoms with E-state index in [9.17, 15) is 23.6 Å². The standard InChI is InChI=1S/C59H69FO10/c1-3-5-7-9-11-13-14-15-17-19-21-23-42-66-55-40-33-48(43-54(55)60)59(64)68-51-38-31-47(32-39-51)58(63)70-53-26-24-25-52(44-53)69-57(62)46-29-36-50(37-30-46)67-56(61)45-27-34-49(35-28-45)65-41-22-20-18-16-12-10-8-6-4-2/h4,24-40,43-44H,2-3,5-23,41-42H2,1H3. The van der Waals surface area contributed by atoms with Crippen LogP contribution in [0.1, 0.15) is 177 Å². The molecule has 70 heavy (non-hydrogen) atoms. The van der Waals surface area contributed by atoms with Crippen molar-refractivity contribution < 1.29 is 52.0 Å². The minimum Gasteiger partial charge on any atom is -0.494 e. The highest BCUT2D eigenvalue weighted by molar-refractivity contribution is 5.94. The number of benzene rings is 5. The molecule has 0 heterocycles. The number of rotatable bonds is 33. The van der Waals surface area contributed by atoms with Gasteiger partial charge >= 0.3 is 23.9 Å². The van der Waals surface area contributed by atoms with Gasteiger partial charge in [0, 0.05) is 6.07 Å². The monoisotopic (exact) mass is 956 g/mol. The lowest BCUT2D eigenvalue weighted by Crippen LogP contribution is -2.11. The van der Waals surface area contributed by atoms with Crippen LogP contribution in [0.5, 0.6) is 34.5 Å². The summed E-state index contributed by atoms with van der Waals surface area (Å²) in [6.07, 6.45) is 26.0. The highest BCUT2D eigenvalue weighted by atomic mass is 19.1. The smallest absolute Gasteiger partial charge is 0.343 e. The molecule has 0 saturated heterocycles. The average molecular weight is 957 g/mol. The average Bonchev–Trinajstić information content (AvgIpc) is 3.37. The molecular formula is C59H69FO10. The van der Waals surface area contributed by atoms with E-state index in [4.69, 9.17) is 28.4 Å². The van der Waals surface area contributed by atoms with Crippen LogP contribution in [0.2, 0.25) is 0 Å². The van der Waals surface area contributed by atoms with Gasteiger partial charge in [0.25, 0.3) is 0 Å². The van der Waals surface area contributed by atoms with Crippen molar-refractivity contribution in [3.8, 4) is 34.5 Å². The van der Waals surface area contributed by atoms with Crippen LogP contribution in [-0.4, -0.2) is 37.1 Å². The summed E-state index contributed by atoms with van der Waals surface area (Å²) in [5, 5.41) is 0. The predicted octanol–water partition coefficient (Wildman–Crippen LogP) is 15.5. The Morgan fingerprint density at radius 3 is 1.23 bits per heavy atom. The molecule has 0 aliphatic heterocycles. The Labute approximate surface area is 413 Å². The van der Waals surface area contributed by atoms with E-state index in [0.29, 0.717) is 24.5 Å². The molecular weight excluding hydrogens is 888 g/mol. The Morgan fingerprint density at radius 2 is 0.786 bits per heavy atom. The second kappa shape index (κ2) is 31.4. The summed E-state index contributed by atoms with van der Waals surface area (Å²) in [5.74, 6) is -1.97. The molecule has 0 radical (unpaired) electrons. The van der Waals surface area contributed by atoms with E-state index >= 15 is 0 Å². The van der Waals surface area contributed by atoms with Crippen LogP contribution in [0.15, 0.2) is 128 Å². The molecule has 10 nitrogen and oxygen atoms in total. The Kier molecular flexibility index (Phi) is 24.3. The van der Waals surface area contributed by atoms with Crippen molar-refractivity contribution in [2.24, 2.45) is 0 Å². The molecule has 0 fully saturated rings. The minimum absolute atomic E-state index is 0.0125. The van der Waals surface area contributed by atoms with Crippen LogP contribution in [0.25, 0.3) is 0 Å². The molecule has 372 valence electrons. The molecule has 0 aromatic heterocycles. The zero-order valence-corrected chi connectivity index (χ0v) is 40.8. The van der Waals surface area contributed by atoms with Gasteiger partial charge in [-0.3, -0.25) is 0 Å². The van der Waals surface area contributed by atoms with Gasteiger partial charge in [-0.05, 0) is 129 Å². The Hall–Kier alpha value is -6.75. The fourth-order valence-electron chi connectivity index (χ4n) is 7.61. The van der Waals surface area contributed by atoms with Gasteiger partial charge in [0.1, 0.15) is 28.7 Å². The van der Waals surface area contributed by atoms with E-state index < -0.39 is 29.7 Å². The van der Waals surface area contributed by atoms with Crippen LogP contribution >= 0.6 is 0 Å². The first-order valence-electron chi connectivity index (χ1n) is 25.2. The third-order valence-corrected chi connectivity index (χ3v) is 11.7. The third-order valence-electron chi connectivity index (χ3n) is 11.7. The lowest BCUT2D eigenvalue weighted by molar-refractivity contribution is 0.0723. The minimum atomic E-state index is -0.770. The first-order valence-corrected chi connectivity index (χ1v) is 25.2. The SMILES string of the molecule is C=CCCCCCCCCCOc1ccc(C(=O)Oc2ccc(C(=O)Oc3cccc(OC(=O)c4ccc(OC(=O)c5ccc(OCCCCCCCCCCCCCC)c(F)c5)cc4)c3)cc2)cc1. The number of hydrogen-bond donors (Lipinski definition) is 0. The van der Waals surface area contributed by atoms with Crippen molar-refractivity contribution >= 4 is 23.9 Å². The van der Waals surface area contributed by atoms with Gasteiger partial charge in [-0.2, -0.15) is 0 Å². The fraction of sp³-hybridized carbons (Fsp3) is 0.390. The Bertz CT molecular complexity index is 2360. The molecule has 5 aromatic rings. The van der Waals surface area contributed by atoms with Crippen molar-refractivity contribution in [1.82, 2.24) is 0 Å². The molecule has 0 bridgehead atoms. The summed E-state index contributed by atoms with van der Waals surface area (Å²) >= 11 is 0. The highest BCUT2D eigenvalue weighted by Crippen LogP contribution is 2.25. The van der Waals surface area contributed by atoms with Crippen molar-refractivity contribution in [3.63, 3.8) is 0 Å². The van der Waals surface area contributed by atoms with Gasteiger partial charge in [-0.15, -0.1) is 6.58 Å². The molecule has 5 rings (SSSR count). The van der Waals surface area contributed by atoms with Crippen LogP contribution in [0, 0.1) is 5.82 Å². The van der Waals surface area contributed by atoms with E-state index in [1.807, 2.05) is 6.08 Å². The molecule has 0 N–H and O–H groups in total. The zero-order chi connectivity index (χ0) is 49.6. The number of halogens is 1. The molecule has 0 saturated carbocycles. The van der Waals surface area contributed by atoms with Gasteiger partial charge in [-0.25, -0.2) is 23.6 Å². The number of hydrogen-bond acceptors (Lipinski definition) is 10. The molecule has 11 heteroatoms. The Balaban J connectivity index is 0.979. The number of carbonyl (C=O) groups is 4. The summed E-state index contributed by atoms with van der Waals surface area (Å²) < 4.78 is 48.3. The van der Waals surface area contributed by atoms with Crippen LogP contribution in [0.3, 0.4) is 0 Å². The van der Waals surface area contributed by atoms with Gasteiger partial charge in [-0.1, -0.05) is 122 Å². The maximum absolute atomic E-state index is 14.8. The number of allylic oxidation sites excluding steroid dienone is 1. The summed E-state index contributed by atoms with van der Waals surface area (Å²) in [6, 6.07) is 28.4. The predicted molar refractivity (Wildman–Crippen MR) is 271 cm³/mol. The molecule has 0 amide bonds. The van der Waals surface area contributed by atoms with Crippen LogP contribution in [0.4, 0.5) is 4.39 Å². The van der Waals surface area contributed by atoms with E-state index in [0.717, 1.165) is 44.6 Å². The molecule has 0 unspecified atom stereocenters. The van der Waals surface area contributed by atoms with E-state index in [-0.39, 0.29) is 45.4 Å². The number of ether oxygens (including phenoxy) is 6. The largest absolute Gasteiger partial charge is 0.494 e. The van der Waals surface area contributed by atoms with Gasteiger partial charge in [0.2, 0.25) is 0 Å². The van der Waals surface area contributed by atoms with E-state index in [2.05, 4.69) is 13.5 Å². The molecule has 0 atom stereocenters. The molecule has 0 aliphatic carbocycles. The van der Waals surface area contributed by atoms with Crippen LogP contribution < -0.4 is 28.4 Å². The van der Waals surface area contributed by atoms with Crippen molar-refractivity contribution in [3.05, 3.63) is 156 Å². The van der Waals surface area contributed by atoms with Crippen molar-refractivity contribution in [2.75, 3.05) is 13.2 Å². The first-order chi connectivity index (χ1) is 34.2. The normalized spacial score (nSPS) is 10.8. The summed E-state index contributed by atoms with van der Waals surface area (Å²) in [4.78, 5) is 51.6. The van der Waals surface area contributed by atoms with Gasteiger partial charge in [0.15, 0.2) is 11.6 Å². The van der Waals surface area contributed by atoms with Gasteiger partial charge in [0.05, 0.1) is 35.5 Å². The molecule has 0 spiro atoms. The van der Waals surface area contributed by atoms with E-state index in [1.165, 1.54) is 169 Å². The lowest BCUT2D eigenvalue weighted by atomic mass is 10.1. The Morgan fingerprint density at radius 1 is 0.414 bits per heavy atom. The van der Waals surface area contributed by atoms with Crippen molar-refractivity contribution in [1.29, 1.82) is 0 Å². The van der Waals surface area contributed by atoms with Crippen molar-refractivity contribution in [2.45, 2.75) is 135 Å². The number of carbonyl (C=O) groups excluding carboxylic acids is 4. The topological polar surface area (TPSA) is 124 Å². The molecule has 5 aromatic carbocycles. The quantitative estimate of drug-likeness (QED) is 0.0174. The second-order valence-corrected chi connectivity index (χ2v) is 17.4. The number of unbranched alkanes of at least 4 members (excludes halogenated alkanes) is 18. The van der Waals surface area contributed by atoms with E-state index in [1.54, 1.807) is 30.3 Å². The maximum Gasteiger partial charge on any atom is 0.343 e. The first kappa shape index (κ1) is 54.2. The fourth-order valence-corrected chi connectivity index (χ4v) is 7.61. The third kappa shape index (κ3) is 20.1. The summed E-state index contributed by atoms with van der Waals surface area (Å²) in [5.41, 5.74) is 0.725. The zero-order valence-electron chi connectivity index (χ0n) is 40.8. The summed E-state index contributed by atoms with van der Waals surface area (Å²) in [7, 11) is 0. The summed E-state index contributed by atoms with van der Waals surface area (Å²) in [6.45, 7) is 7.02. The maximum atomic E-state index is 14.8. The second-order valence-electron chi connectivity index (χ2n) is 17.4. The molecule has 0 aliphatic rings. The number of esters is 4. The van der Waals surface area contributed by atoms with Crippen LogP contribution in [-0.2, 0) is 0 Å². The van der Waals surface area contributed by atoms with Gasteiger partial charge < -0.3 is 28.4 Å². The highest BCUT2D eigenvalue weighted by Gasteiger charge is 2.17.